The molecule has 0 aliphatic carbocycles. The molecule has 0 aromatic heterocycles. The fourth-order valence-corrected chi connectivity index (χ4v) is 2.02. The van der Waals surface area contributed by atoms with Gasteiger partial charge in [0.15, 0.2) is 0 Å². The van der Waals surface area contributed by atoms with Gasteiger partial charge in [0, 0.05) is 6.42 Å². The van der Waals surface area contributed by atoms with Crippen LogP contribution in [-0.2, 0) is 4.79 Å². The van der Waals surface area contributed by atoms with E-state index in [1.807, 2.05) is 6.07 Å². The van der Waals surface area contributed by atoms with Crippen molar-refractivity contribution in [2.45, 2.75) is 40.0 Å². The van der Waals surface area contributed by atoms with E-state index in [1.165, 1.54) is 11.1 Å². The second-order valence-electron chi connectivity index (χ2n) is 4.61. The summed E-state index contributed by atoms with van der Waals surface area (Å²) in [5.74, 6) is 1.15. The van der Waals surface area contributed by atoms with Crippen molar-refractivity contribution in [3.63, 3.8) is 0 Å². The Hall–Kier alpha value is -1.11. The van der Waals surface area contributed by atoms with Crippen molar-refractivity contribution in [1.29, 1.82) is 0 Å². The van der Waals surface area contributed by atoms with Crippen molar-refractivity contribution < 1.29 is 4.79 Å². The molecule has 0 amide bonds. The first-order chi connectivity index (χ1) is 7.02. The van der Waals surface area contributed by atoms with Gasteiger partial charge in [0.25, 0.3) is 0 Å². The molecule has 0 fully saturated rings. The summed E-state index contributed by atoms with van der Waals surface area (Å²) in [4.78, 5) is 11.2. The third kappa shape index (κ3) is 3.19. The summed E-state index contributed by atoms with van der Waals surface area (Å²) in [6, 6.07) is 8.36. The van der Waals surface area contributed by atoms with Gasteiger partial charge in [-0.2, -0.15) is 0 Å². The zero-order chi connectivity index (χ0) is 11.4. The van der Waals surface area contributed by atoms with E-state index in [2.05, 4.69) is 39.0 Å². The lowest BCUT2D eigenvalue weighted by Gasteiger charge is -2.21. The number of ketones is 1. The monoisotopic (exact) mass is 204 g/mol. The van der Waals surface area contributed by atoms with E-state index in [4.69, 9.17) is 0 Å². The van der Waals surface area contributed by atoms with Crippen LogP contribution in [0.1, 0.15) is 44.2 Å². The van der Waals surface area contributed by atoms with Crippen LogP contribution in [0.5, 0.6) is 0 Å². The number of hydrogen-bond acceptors (Lipinski definition) is 1. The molecule has 0 saturated carbocycles. The van der Waals surface area contributed by atoms with E-state index in [0.29, 0.717) is 18.3 Å². The number of aryl methyl sites for hydroxylation is 1. The zero-order valence-electron chi connectivity index (χ0n) is 10.1. The zero-order valence-corrected chi connectivity index (χ0v) is 10.1. The lowest BCUT2D eigenvalue weighted by molar-refractivity contribution is -0.117. The molecule has 1 nitrogen and oxygen atoms in total. The SMILES string of the molecule is CC(=O)C[C@@H](c1ccccc1C)C(C)C. The summed E-state index contributed by atoms with van der Waals surface area (Å²) in [6.45, 7) is 8.15. The summed E-state index contributed by atoms with van der Waals surface area (Å²) < 4.78 is 0. The summed E-state index contributed by atoms with van der Waals surface area (Å²) in [6.07, 6.45) is 0.655. The summed E-state index contributed by atoms with van der Waals surface area (Å²) >= 11 is 0. The first-order valence-corrected chi connectivity index (χ1v) is 5.57. The van der Waals surface area contributed by atoms with Gasteiger partial charge < -0.3 is 4.79 Å². The number of carbonyl (C=O) groups excluding carboxylic acids is 1. The maximum Gasteiger partial charge on any atom is 0.130 e. The van der Waals surface area contributed by atoms with Crippen molar-refractivity contribution in [1.82, 2.24) is 0 Å². The summed E-state index contributed by atoms with van der Waals surface area (Å²) in [5.41, 5.74) is 2.61. The molecule has 0 radical (unpaired) electrons. The van der Waals surface area contributed by atoms with Crippen molar-refractivity contribution in [3.05, 3.63) is 35.4 Å². The van der Waals surface area contributed by atoms with E-state index >= 15 is 0 Å². The van der Waals surface area contributed by atoms with E-state index in [0.717, 1.165) is 0 Å². The second kappa shape index (κ2) is 5.11. The highest BCUT2D eigenvalue weighted by molar-refractivity contribution is 5.76. The Morgan fingerprint density at radius 3 is 2.33 bits per heavy atom. The lowest BCUT2D eigenvalue weighted by atomic mass is 9.83. The fourth-order valence-electron chi connectivity index (χ4n) is 2.02. The predicted molar refractivity (Wildman–Crippen MR) is 64.1 cm³/mol. The Bertz CT molecular complexity index is 339. The van der Waals surface area contributed by atoms with Gasteiger partial charge in [-0.15, -0.1) is 0 Å². The van der Waals surface area contributed by atoms with E-state index in [9.17, 15) is 4.79 Å². The Kier molecular flexibility index (Phi) is 4.07. The van der Waals surface area contributed by atoms with Gasteiger partial charge >= 0.3 is 0 Å². The van der Waals surface area contributed by atoms with Crippen LogP contribution in [0.15, 0.2) is 24.3 Å². The van der Waals surface area contributed by atoms with Crippen molar-refractivity contribution in [3.8, 4) is 0 Å². The molecule has 0 bridgehead atoms. The minimum absolute atomic E-state index is 0.275. The van der Waals surface area contributed by atoms with Gasteiger partial charge in [-0.05, 0) is 36.8 Å². The number of Topliss-reactive ketones (excluding diaryl/α,β-unsaturated/α-hetero) is 1. The fraction of sp³-hybridized carbons (Fsp3) is 0.500. The standard InChI is InChI=1S/C14H20O/c1-10(2)14(9-12(4)15)13-8-6-5-7-11(13)3/h5-8,10,14H,9H2,1-4H3/t14-/m1/s1. The molecule has 0 saturated heterocycles. The van der Waals surface area contributed by atoms with Crippen LogP contribution >= 0.6 is 0 Å². The first-order valence-electron chi connectivity index (χ1n) is 5.57. The molecule has 0 unspecified atom stereocenters. The van der Waals surface area contributed by atoms with Crippen LogP contribution in [0, 0.1) is 12.8 Å². The molecular weight excluding hydrogens is 184 g/mol. The van der Waals surface area contributed by atoms with Gasteiger partial charge in [0.2, 0.25) is 0 Å². The quantitative estimate of drug-likeness (QED) is 0.730. The Morgan fingerprint density at radius 1 is 1.27 bits per heavy atom. The van der Waals surface area contributed by atoms with Crippen molar-refractivity contribution >= 4 is 5.78 Å². The van der Waals surface area contributed by atoms with Crippen LogP contribution in [0.2, 0.25) is 0 Å². The average molecular weight is 204 g/mol. The largest absolute Gasteiger partial charge is 0.300 e. The molecule has 1 aromatic carbocycles. The number of benzene rings is 1. The van der Waals surface area contributed by atoms with Crippen LogP contribution in [0.3, 0.4) is 0 Å². The Labute approximate surface area is 92.5 Å². The molecule has 0 heterocycles. The molecule has 1 aromatic rings. The summed E-state index contributed by atoms with van der Waals surface area (Å²) in [5, 5.41) is 0. The highest BCUT2D eigenvalue weighted by Gasteiger charge is 2.18. The van der Waals surface area contributed by atoms with Gasteiger partial charge in [-0.25, -0.2) is 0 Å². The molecule has 0 spiro atoms. The van der Waals surface area contributed by atoms with Crippen LogP contribution < -0.4 is 0 Å². The number of carbonyl (C=O) groups is 1. The van der Waals surface area contributed by atoms with Gasteiger partial charge in [0.1, 0.15) is 5.78 Å². The third-order valence-corrected chi connectivity index (χ3v) is 2.90. The van der Waals surface area contributed by atoms with E-state index in [1.54, 1.807) is 6.92 Å². The van der Waals surface area contributed by atoms with E-state index < -0.39 is 0 Å². The molecular formula is C14H20O. The molecule has 1 heteroatoms. The maximum atomic E-state index is 11.2. The Morgan fingerprint density at radius 2 is 1.87 bits per heavy atom. The van der Waals surface area contributed by atoms with Gasteiger partial charge in [0.05, 0.1) is 0 Å². The molecule has 1 rings (SSSR count). The second-order valence-corrected chi connectivity index (χ2v) is 4.61. The van der Waals surface area contributed by atoms with Crippen LogP contribution in [0.4, 0.5) is 0 Å². The number of hydrogen-bond donors (Lipinski definition) is 0. The molecule has 1 atom stereocenters. The third-order valence-electron chi connectivity index (χ3n) is 2.90. The lowest BCUT2D eigenvalue weighted by Crippen LogP contribution is -2.12. The molecule has 0 aliphatic rings. The Balaban J connectivity index is 2.99. The summed E-state index contributed by atoms with van der Waals surface area (Å²) in [7, 11) is 0. The highest BCUT2D eigenvalue weighted by atomic mass is 16.1. The highest BCUT2D eigenvalue weighted by Crippen LogP contribution is 2.30. The first kappa shape index (κ1) is 12.0. The predicted octanol–water partition coefficient (Wildman–Crippen LogP) is 3.71. The van der Waals surface area contributed by atoms with Gasteiger partial charge in [-0.3, -0.25) is 0 Å². The molecule has 0 N–H and O–H groups in total. The average Bonchev–Trinajstić information content (AvgIpc) is 2.15. The molecule has 0 aliphatic heterocycles. The van der Waals surface area contributed by atoms with Crippen molar-refractivity contribution in [2.75, 3.05) is 0 Å². The molecule has 82 valence electrons. The maximum absolute atomic E-state index is 11.2. The van der Waals surface area contributed by atoms with Crippen LogP contribution in [-0.4, -0.2) is 5.78 Å². The van der Waals surface area contributed by atoms with Crippen LogP contribution in [0.25, 0.3) is 0 Å². The van der Waals surface area contributed by atoms with Gasteiger partial charge in [-0.1, -0.05) is 38.1 Å². The number of rotatable bonds is 4. The molecule has 15 heavy (non-hydrogen) atoms. The van der Waals surface area contributed by atoms with E-state index in [-0.39, 0.29) is 5.78 Å². The minimum Gasteiger partial charge on any atom is -0.300 e. The smallest absolute Gasteiger partial charge is 0.130 e. The topological polar surface area (TPSA) is 17.1 Å². The van der Waals surface area contributed by atoms with Crippen molar-refractivity contribution in [2.24, 2.45) is 5.92 Å². The minimum atomic E-state index is 0.275. The normalized spacial score (nSPS) is 12.9.